The molecule has 1 atom stereocenters. The van der Waals surface area contributed by atoms with Gasteiger partial charge in [0.15, 0.2) is 0 Å². The van der Waals surface area contributed by atoms with Crippen LogP contribution in [-0.4, -0.2) is 5.11 Å². The highest BCUT2D eigenvalue weighted by Gasteiger charge is 2.16. The van der Waals surface area contributed by atoms with E-state index in [2.05, 4.69) is 22.0 Å². The molecule has 4 heteroatoms. The molecule has 0 fully saturated rings. The lowest BCUT2D eigenvalue weighted by atomic mass is 10.0. The lowest BCUT2D eigenvalue weighted by molar-refractivity contribution is 0.222. The molecule has 0 radical (unpaired) electrons. The molecule has 0 saturated heterocycles. The molecule has 0 aliphatic heterocycles. The van der Waals surface area contributed by atoms with Crippen LogP contribution < -0.4 is 0 Å². The van der Waals surface area contributed by atoms with Gasteiger partial charge in [-0.2, -0.15) is 0 Å². The second-order valence-electron chi connectivity index (χ2n) is 4.29. The highest BCUT2D eigenvalue weighted by atomic mass is 79.9. The maximum absolute atomic E-state index is 10.6. The zero-order chi connectivity index (χ0) is 13.4. The molecule has 1 heterocycles. The third-order valence-electron chi connectivity index (χ3n) is 3.01. The molecule has 0 bridgehead atoms. The van der Waals surface area contributed by atoms with Crippen LogP contribution in [0.4, 0.5) is 0 Å². The molecule has 0 aliphatic rings. The maximum Gasteiger partial charge on any atom is 0.106 e. The molecule has 3 rings (SSSR count). The predicted molar refractivity (Wildman–Crippen MR) is 85.0 cm³/mol. The monoisotopic (exact) mass is 352 g/mol. The van der Waals surface area contributed by atoms with Crippen LogP contribution in [0.1, 0.15) is 17.2 Å². The third-order valence-corrected chi connectivity index (χ3v) is 4.66. The average molecular weight is 354 g/mol. The number of hydrogen-bond acceptors (Lipinski definition) is 2. The van der Waals surface area contributed by atoms with E-state index in [0.29, 0.717) is 5.02 Å². The van der Waals surface area contributed by atoms with E-state index in [1.165, 1.54) is 4.70 Å². The van der Waals surface area contributed by atoms with Crippen LogP contribution in [0.2, 0.25) is 5.02 Å². The lowest BCUT2D eigenvalue weighted by Gasteiger charge is -2.11. The average Bonchev–Trinajstić information content (AvgIpc) is 2.80. The van der Waals surface area contributed by atoms with E-state index in [0.717, 1.165) is 21.0 Å². The normalized spacial score (nSPS) is 12.8. The van der Waals surface area contributed by atoms with Gasteiger partial charge < -0.3 is 5.11 Å². The van der Waals surface area contributed by atoms with Gasteiger partial charge in [-0.25, -0.2) is 0 Å². The molecule has 0 aliphatic carbocycles. The second kappa shape index (κ2) is 5.25. The molecule has 1 aromatic heterocycles. The van der Waals surface area contributed by atoms with Gasteiger partial charge in [-0.15, -0.1) is 11.3 Å². The summed E-state index contributed by atoms with van der Waals surface area (Å²) >= 11 is 11.1. The van der Waals surface area contributed by atoms with Crippen LogP contribution in [0.15, 0.2) is 52.3 Å². The first-order valence-corrected chi connectivity index (χ1v) is 7.80. The summed E-state index contributed by atoms with van der Waals surface area (Å²) < 4.78 is 2.05. The molecular formula is C15H10BrClOS. The van der Waals surface area contributed by atoms with Gasteiger partial charge in [-0.1, -0.05) is 45.7 Å². The first-order valence-electron chi connectivity index (χ1n) is 5.75. The number of hydrogen-bond donors (Lipinski definition) is 1. The van der Waals surface area contributed by atoms with E-state index >= 15 is 0 Å². The Labute approximate surface area is 128 Å². The van der Waals surface area contributed by atoms with Gasteiger partial charge in [-0.05, 0) is 40.6 Å². The molecule has 0 spiro atoms. The predicted octanol–water partition coefficient (Wildman–Crippen LogP) is 5.40. The summed E-state index contributed by atoms with van der Waals surface area (Å²) in [5, 5.41) is 14.3. The fraction of sp³-hybridized carbons (Fsp3) is 0.0667. The lowest BCUT2D eigenvalue weighted by Crippen LogP contribution is -1.98. The van der Waals surface area contributed by atoms with Crippen molar-refractivity contribution in [2.45, 2.75) is 6.10 Å². The van der Waals surface area contributed by atoms with Crippen molar-refractivity contribution in [1.82, 2.24) is 0 Å². The van der Waals surface area contributed by atoms with Gasteiger partial charge >= 0.3 is 0 Å². The first-order chi connectivity index (χ1) is 9.15. The van der Waals surface area contributed by atoms with Crippen molar-refractivity contribution in [2.75, 3.05) is 0 Å². The molecule has 96 valence electrons. The van der Waals surface area contributed by atoms with Crippen LogP contribution in [0.3, 0.4) is 0 Å². The Balaban J connectivity index is 2.10. The summed E-state index contributed by atoms with van der Waals surface area (Å²) in [4.78, 5) is 0. The van der Waals surface area contributed by atoms with E-state index in [1.54, 1.807) is 17.4 Å². The number of halogens is 2. The Morgan fingerprint density at radius 2 is 1.95 bits per heavy atom. The molecule has 0 saturated carbocycles. The van der Waals surface area contributed by atoms with E-state index < -0.39 is 6.10 Å². The number of rotatable bonds is 2. The molecular weight excluding hydrogens is 344 g/mol. The number of benzene rings is 2. The van der Waals surface area contributed by atoms with Gasteiger partial charge in [0.1, 0.15) is 6.10 Å². The highest BCUT2D eigenvalue weighted by Crippen LogP contribution is 2.35. The quantitative estimate of drug-likeness (QED) is 0.654. The highest BCUT2D eigenvalue weighted by molar-refractivity contribution is 9.10. The standard InChI is InChI=1S/C15H10BrClOS/c16-10-5-9(6-11(17)7-10)15(18)13-8-19-14-4-2-1-3-12(13)14/h1-8,15,18H. The van der Waals surface area contributed by atoms with Gasteiger partial charge in [0, 0.05) is 19.8 Å². The minimum Gasteiger partial charge on any atom is -0.384 e. The maximum atomic E-state index is 10.6. The largest absolute Gasteiger partial charge is 0.384 e. The van der Waals surface area contributed by atoms with E-state index in [1.807, 2.05) is 35.7 Å². The molecule has 19 heavy (non-hydrogen) atoms. The minimum atomic E-state index is -0.661. The zero-order valence-corrected chi connectivity index (χ0v) is 13.0. The fourth-order valence-electron chi connectivity index (χ4n) is 2.12. The summed E-state index contributed by atoms with van der Waals surface area (Å²) in [6, 6.07) is 13.6. The van der Waals surface area contributed by atoms with E-state index in [4.69, 9.17) is 11.6 Å². The first kappa shape index (κ1) is 13.1. The van der Waals surface area contributed by atoms with Gasteiger partial charge in [0.05, 0.1) is 0 Å². The zero-order valence-electron chi connectivity index (χ0n) is 9.81. The SMILES string of the molecule is OC(c1cc(Cl)cc(Br)c1)c1csc2ccccc12. The van der Waals surface area contributed by atoms with Crippen molar-refractivity contribution >= 4 is 49.0 Å². The third kappa shape index (κ3) is 2.56. The Morgan fingerprint density at radius 3 is 2.74 bits per heavy atom. The van der Waals surface area contributed by atoms with Gasteiger partial charge in [0.2, 0.25) is 0 Å². The van der Waals surface area contributed by atoms with Crippen molar-refractivity contribution in [1.29, 1.82) is 0 Å². The van der Waals surface area contributed by atoms with Crippen molar-refractivity contribution < 1.29 is 5.11 Å². The summed E-state index contributed by atoms with van der Waals surface area (Å²) in [7, 11) is 0. The summed E-state index contributed by atoms with van der Waals surface area (Å²) in [6.45, 7) is 0. The van der Waals surface area contributed by atoms with Crippen molar-refractivity contribution in [3.05, 3.63) is 68.5 Å². The fourth-order valence-corrected chi connectivity index (χ4v) is 3.99. The van der Waals surface area contributed by atoms with E-state index in [9.17, 15) is 5.11 Å². The smallest absolute Gasteiger partial charge is 0.106 e. The van der Waals surface area contributed by atoms with Gasteiger partial charge in [0.25, 0.3) is 0 Å². The van der Waals surface area contributed by atoms with Gasteiger partial charge in [-0.3, -0.25) is 0 Å². The molecule has 1 N–H and O–H groups in total. The van der Waals surface area contributed by atoms with Crippen molar-refractivity contribution in [3.8, 4) is 0 Å². The number of fused-ring (bicyclic) bond motifs is 1. The number of aliphatic hydroxyl groups excluding tert-OH is 1. The van der Waals surface area contributed by atoms with Crippen molar-refractivity contribution in [3.63, 3.8) is 0 Å². The summed E-state index contributed by atoms with van der Waals surface area (Å²) in [5.41, 5.74) is 1.72. The Kier molecular flexibility index (Phi) is 3.63. The van der Waals surface area contributed by atoms with Crippen LogP contribution in [0.5, 0.6) is 0 Å². The van der Waals surface area contributed by atoms with Crippen LogP contribution >= 0.6 is 38.9 Å². The Bertz CT molecular complexity index is 718. The summed E-state index contributed by atoms with van der Waals surface area (Å²) in [6.07, 6.45) is -0.661. The Hall–Kier alpha value is -0.870. The second-order valence-corrected chi connectivity index (χ2v) is 6.56. The van der Waals surface area contributed by atoms with Crippen LogP contribution in [0, 0.1) is 0 Å². The number of thiophene rings is 1. The molecule has 0 amide bonds. The van der Waals surface area contributed by atoms with Crippen LogP contribution in [-0.2, 0) is 0 Å². The van der Waals surface area contributed by atoms with Crippen molar-refractivity contribution in [2.24, 2.45) is 0 Å². The van der Waals surface area contributed by atoms with E-state index in [-0.39, 0.29) is 0 Å². The summed E-state index contributed by atoms with van der Waals surface area (Å²) in [5.74, 6) is 0. The molecule has 1 nitrogen and oxygen atoms in total. The molecule has 1 unspecified atom stereocenters. The van der Waals surface area contributed by atoms with Crippen LogP contribution in [0.25, 0.3) is 10.1 Å². The Morgan fingerprint density at radius 1 is 1.16 bits per heavy atom. The topological polar surface area (TPSA) is 20.2 Å². The number of aliphatic hydroxyl groups is 1. The molecule has 2 aromatic carbocycles. The minimum absolute atomic E-state index is 0.614. The molecule has 3 aromatic rings.